The lowest BCUT2D eigenvalue weighted by Crippen LogP contribution is -2.36. The van der Waals surface area contributed by atoms with Crippen molar-refractivity contribution < 1.29 is 4.42 Å². The summed E-state index contributed by atoms with van der Waals surface area (Å²) < 4.78 is 5.36. The van der Waals surface area contributed by atoms with Crippen LogP contribution in [0, 0.1) is 0 Å². The van der Waals surface area contributed by atoms with Gasteiger partial charge in [-0.3, -0.25) is 0 Å². The molecule has 2 aromatic rings. The summed E-state index contributed by atoms with van der Waals surface area (Å²) in [5.74, 6) is 0. The van der Waals surface area contributed by atoms with Gasteiger partial charge in [0, 0.05) is 25.0 Å². The van der Waals surface area contributed by atoms with Gasteiger partial charge in [0.05, 0.1) is 0 Å². The Morgan fingerprint density at radius 1 is 1.39 bits per heavy atom. The third-order valence-corrected chi connectivity index (χ3v) is 3.59. The molecule has 1 atom stereocenters. The average molecular weight is 244 g/mol. The molecule has 18 heavy (non-hydrogen) atoms. The lowest BCUT2D eigenvalue weighted by atomic mass is 10.2. The highest BCUT2D eigenvalue weighted by Crippen LogP contribution is 2.20. The standard InChI is InChI=1S/C14H16N2O2/c1-16(11-6-7-15-9-11)12-8-10-4-2-3-5-13(10)18-14(12)17/h2-5,8,11,15H,6-7,9H2,1H3/t11-/m1/s1. The molecular weight excluding hydrogens is 228 g/mol. The maximum atomic E-state index is 12.0. The van der Waals surface area contributed by atoms with E-state index in [4.69, 9.17) is 4.42 Å². The largest absolute Gasteiger partial charge is 0.421 e. The fourth-order valence-corrected chi connectivity index (χ4v) is 2.46. The fourth-order valence-electron chi connectivity index (χ4n) is 2.46. The first-order chi connectivity index (χ1) is 8.75. The van der Waals surface area contributed by atoms with Crippen molar-refractivity contribution in [3.63, 3.8) is 0 Å². The smallest absolute Gasteiger partial charge is 0.360 e. The van der Waals surface area contributed by atoms with Crippen molar-refractivity contribution in [2.24, 2.45) is 0 Å². The number of hydrogen-bond donors (Lipinski definition) is 1. The fraction of sp³-hybridized carbons (Fsp3) is 0.357. The molecule has 0 unspecified atom stereocenters. The first-order valence-corrected chi connectivity index (χ1v) is 6.22. The van der Waals surface area contributed by atoms with E-state index in [2.05, 4.69) is 5.32 Å². The van der Waals surface area contributed by atoms with Gasteiger partial charge in [-0.15, -0.1) is 0 Å². The van der Waals surface area contributed by atoms with Gasteiger partial charge in [-0.05, 0) is 25.1 Å². The van der Waals surface area contributed by atoms with E-state index in [9.17, 15) is 4.79 Å². The Bertz CT molecular complexity index is 614. The van der Waals surface area contributed by atoms with Gasteiger partial charge < -0.3 is 14.6 Å². The van der Waals surface area contributed by atoms with Gasteiger partial charge >= 0.3 is 5.63 Å². The Labute approximate surface area is 105 Å². The highest BCUT2D eigenvalue weighted by molar-refractivity contribution is 5.79. The van der Waals surface area contributed by atoms with Crippen LogP contribution in [0.15, 0.2) is 39.5 Å². The zero-order valence-corrected chi connectivity index (χ0v) is 10.3. The molecule has 0 saturated carbocycles. The summed E-state index contributed by atoms with van der Waals surface area (Å²) in [5, 5.41) is 4.27. The van der Waals surface area contributed by atoms with Crippen molar-refractivity contribution >= 4 is 16.7 Å². The van der Waals surface area contributed by atoms with Gasteiger partial charge in [0.25, 0.3) is 0 Å². The Morgan fingerprint density at radius 2 is 2.22 bits per heavy atom. The molecule has 1 N–H and O–H groups in total. The number of benzene rings is 1. The topological polar surface area (TPSA) is 45.5 Å². The van der Waals surface area contributed by atoms with Gasteiger partial charge in [0.2, 0.25) is 0 Å². The molecule has 4 heteroatoms. The van der Waals surface area contributed by atoms with Crippen molar-refractivity contribution in [3.05, 3.63) is 40.8 Å². The van der Waals surface area contributed by atoms with E-state index in [1.54, 1.807) is 0 Å². The predicted octanol–water partition coefficient (Wildman–Crippen LogP) is 1.59. The van der Waals surface area contributed by atoms with Crippen LogP contribution in [0.5, 0.6) is 0 Å². The molecular formula is C14H16N2O2. The molecule has 4 nitrogen and oxygen atoms in total. The van der Waals surface area contributed by atoms with Crippen molar-refractivity contribution in [3.8, 4) is 0 Å². The second kappa shape index (κ2) is 4.46. The lowest BCUT2D eigenvalue weighted by molar-refractivity contribution is 0.553. The number of hydrogen-bond acceptors (Lipinski definition) is 4. The summed E-state index contributed by atoms with van der Waals surface area (Å²) in [5.41, 5.74) is 1.02. The Balaban J connectivity index is 2.05. The van der Waals surface area contributed by atoms with Crippen LogP contribution < -0.4 is 15.8 Å². The van der Waals surface area contributed by atoms with Crippen molar-refractivity contribution in [2.75, 3.05) is 25.0 Å². The van der Waals surface area contributed by atoms with E-state index in [-0.39, 0.29) is 5.63 Å². The van der Waals surface area contributed by atoms with Crippen LogP contribution in [0.25, 0.3) is 11.0 Å². The zero-order valence-electron chi connectivity index (χ0n) is 10.3. The Kier molecular flexibility index (Phi) is 2.80. The lowest BCUT2D eigenvalue weighted by Gasteiger charge is -2.24. The van der Waals surface area contributed by atoms with E-state index in [0.717, 1.165) is 24.9 Å². The molecule has 1 aliphatic rings. The number of likely N-dealkylation sites (N-methyl/N-ethyl adjacent to an activating group) is 1. The maximum absolute atomic E-state index is 12.0. The molecule has 1 saturated heterocycles. The minimum Gasteiger partial charge on any atom is -0.421 e. The first kappa shape index (κ1) is 11.3. The van der Waals surface area contributed by atoms with Crippen LogP contribution in [-0.4, -0.2) is 26.2 Å². The van der Waals surface area contributed by atoms with E-state index < -0.39 is 0 Å². The first-order valence-electron chi connectivity index (χ1n) is 6.22. The van der Waals surface area contributed by atoms with E-state index in [1.807, 2.05) is 42.3 Å². The predicted molar refractivity (Wildman–Crippen MR) is 72.2 cm³/mol. The second-order valence-corrected chi connectivity index (χ2v) is 4.71. The summed E-state index contributed by atoms with van der Waals surface area (Å²) in [4.78, 5) is 14.0. The number of rotatable bonds is 2. The molecule has 2 heterocycles. The highest BCUT2D eigenvalue weighted by Gasteiger charge is 2.22. The van der Waals surface area contributed by atoms with Gasteiger partial charge in [-0.1, -0.05) is 18.2 Å². The summed E-state index contributed by atoms with van der Waals surface area (Å²) in [6.45, 7) is 1.93. The Hall–Kier alpha value is -1.81. The molecule has 0 spiro atoms. The summed E-state index contributed by atoms with van der Waals surface area (Å²) >= 11 is 0. The van der Waals surface area contributed by atoms with Crippen LogP contribution in [-0.2, 0) is 0 Å². The number of para-hydroxylation sites is 1. The van der Waals surface area contributed by atoms with Gasteiger partial charge in [0.15, 0.2) is 0 Å². The summed E-state index contributed by atoms with van der Waals surface area (Å²) in [6, 6.07) is 9.88. The van der Waals surface area contributed by atoms with Gasteiger partial charge in [-0.2, -0.15) is 0 Å². The molecule has 1 aromatic heterocycles. The van der Waals surface area contributed by atoms with Crippen LogP contribution in [0.3, 0.4) is 0 Å². The SMILES string of the molecule is CN(c1cc2ccccc2oc1=O)[C@@H]1CCNC1. The Morgan fingerprint density at radius 3 is 3.00 bits per heavy atom. The molecule has 0 radical (unpaired) electrons. The second-order valence-electron chi connectivity index (χ2n) is 4.71. The van der Waals surface area contributed by atoms with Crippen LogP contribution in [0.2, 0.25) is 0 Å². The summed E-state index contributed by atoms with van der Waals surface area (Å²) in [6.07, 6.45) is 1.06. The average Bonchev–Trinajstić information content (AvgIpc) is 2.91. The quantitative estimate of drug-likeness (QED) is 0.815. The van der Waals surface area contributed by atoms with E-state index in [0.29, 0.717) is 17.3 Å². The van der Waals surface area contributed by atoms with E-state index in [1.165, 1.54) is 0 Å². The van der Waals surface area contributed by atoms with Crippen molar-refractivity contribution in [1.82, 2.24) is 5.32 Å². The van der Waals surface area contributed by atoms with Gasteiger partial charge in [-0.25, -0.2) is 4.79 Å². The van der Waals surface area contributed by atoms with Crippen LogP contribution >= 0.6 is 0 Å². The number of fused-ring (bicyclic) bond motifs is 1. The number of nitrogens with one attached hydrogen (secondary N) is 1. The number of nitrogens with zero attached hydrogens (tertiary/aromatic N) is 1. The molecule has 94 valence electrons. The highest BCUT2D eigenvalue weighted by atomic mass is 16.4. The molecule has 1 aromatic carbocycles. The number of anilines is 1. The molecule has 0 aliphatic carbocycles. The van der Waals surface area contributed by atoms with Crippen molar-refractivity contribution in [2.45, 2.75) is 12.5 Å². The minimum atomic E-state index is -0.261. The van der Waals surface area contributed by atoms with E-state index >= 15 is 0 Å². The third-order valence-electron chi connectivity index (χ3n) is 3.59. The maximum Gasteiger partial charge on any atom is 0.360 e. The molecule has 1 aliphatic heterocycles. The molecule has 0 amide bonds. The minimum absolute atomic E-state index is 0.261. The normalized spacial score (nSPS) is 19.3. The monoisotopic (exact) mass is 244 g/mol. The molecule has 3 rings (SSSR count). The van der Waals surface area contributed by atoms with Crippen LogP contribution in [0.4, 0.5) is 5.69 Å². The molecule has 0 bridgehead atoms. The summed E-state index contributed by atoms with van der Waals surface area (Å²) in [7, 11) is 1.96. The molecule has 1 fully saturated rings. The van der Waals surface area contributed by atoms with Crippen molar-refractivity contribution in [1.29, 1.82) is 0 Å². The van der Waals surface area contributed by atoms with Crippen LogP contribution in [0.1, 0.15) is 6.42 Å². The van der Waals surface area contributed by atoms with Gasteiger partial charge in [0.1, 0.15) is 11.3 Å². The third kappa shape index (κ3) is 1.88. The zero-order chi connectivity index (χ0) is 12.5.